The van der Waals surface area contributed by atoms with Gasteiger partial charge in [0.05, 0.1) is 24.9 Å². The van der Waals surface area contributed by atoms with E-state index in [4.69, 9.17) is 10.00 Å². The second kappa shape index (κ2) is 5.69. The molecule has 0 saturated carbocycles. The van der Waals surface area contributed by atoms with Gasteiger partial charge in [-0.3, -0.25) is 0 Å². The SMILES string of the molecule is COc1ccc(NCc2ccc(C#N)cc2)nc1. The molecule has 0 unspecified atom stereocenters. The van der Waals surface area contributed by atoms with Gasteiger partial charge in [-0.05, 0) is 29.8 Å². The van der Waals surface area contributed by atoms with Crippen molar-refractivity contribution < 1.29 is 4.74 Å². The molecule has 2 aromatic rings. The summed E-state index contributed by atoms with van der Waals surface area (Å²) >= 11 is 0. The maximum absolute atomic E-state index is 8.70. The Morgan fingerprint density at radius 1 is 1.22 bits per heavy atom. The van der Waals surface area contributed by atoms with E-state index in [9.17, 15) is 0 Å². The van der Waals surface area contributed by atoms with Crippen molar-refractivity contribution in [3.63, 3.8) is 0 Å². The third-order valence-electron chi connectivity index (χ3n) is 2.53. The van der Waals surface area contributed by atoms with Crippen molar-refractivity contribution in [2.45, 2.75) is 6.54 Å². The average Bonchev–Trinajstić information content (AvgIpc) is 2.46. The predicted octanol–water partition coefficient (Wildman–Crippen LogP) is 2.57. The van der Waals surface area contributed by atoms with Gasteiger partial charge in [-0.25, -0.2) is 4.98 Å². The smallest absolute Gasteiger partial charge is 0.137 e. The standard InChI is InChI=1S/C14H13N3O/c1-18-13-6-7-14(17-10-13)16-9-12-4-2-11(8-15)3-5-12/h2-7,10H,9H2,1H3,(H,16,17). The fourth-order valence-corrected chi connectivity index (χ4v) is 1.50. The van der Waals surface area contributed by atoms with Crippen LogP contribution in [0.4, 0.5) is 5.82 Å². The molecule has 0 fully saturated rings. The van der Waals surface area contributed by atoms with Gasteiger partial charge < -0.3 is 10.1 Å². The van der Waals surface area contributed by atoms with E-state index in [0.29, 0.717) is 12.1 Å². The summed E-state index contributed by atoms with van der Waals surface area (Å²) in [6.45, 7) is 0.672. The van der Waals surface area contributed by atoms with E-state index in [2.05, 4.69) is 16.4 Å². The molecule has 0 amide bonds. The van der Waals surface area contributed by atoms with Gasteiger partial charge in [0, 0.05) is 6.54 Å². The Kier molecular flexibility index (Phi) is 3.77. The molecule has 0 aliphatic carbocycles. The molecule has 90 valence electrons. The number of hydrogen-bond acceptors (Lipinski definition) is 4. The number of rotatable bonds is 4. The molecule has 18 heavy (non-hydrogen) atoms. The largest absolute Gasteiger partial charge is 0.495 e. The lowest BCUT2D eigenvalue weighted by atomic mass is 10.1. The second-order valence-electron chi connectivity index (χ2n) is 3.75. The molecule has 4 nitrogen and oxygen atoms in total. The summed E-state index contributed by atoms with van der Waals surface area (Å²) in [6, 6.07) is 13.3. The van der Waals surface area contributed by atoms with Crippen LogP contribution in [0.5, 0.6) is 5.75 Å². The molecule has 1 heterocycles. The Morgan fingerprint density at radius 3 is 2.56 bits per heavy atom. The van der Waals surface area contributed by atoms with Crippen LogP contribution in [0.15, 0.2) is 42.6 Å². The molecule has 4 heteroatoms. The third-order valence-corrected chi connectivity index (χ3v) is 2.53. The van der Waals surface area contributed by atoms with Gasteiger partial charge >= 0.3 is 0 Å². The number of anilines is 1. The summed E-state index contributed by atoms with van der Waals surface area (Å²) in [6.07, 6.45) is 1.67. The highest BCUT2D eigenvalue weighted by Gasteiger charge is 1.97. The molecule has 0 saturated heterocycles. The van der Waals surface area contributed by atoms with Crippen molar-refractivity contribution in [2.24, 2.45) is 0 Å². The zero-order valence-electron chi connectivity index (χ0n) is 10.1. The summed E-state index contributed by atoms with van der Waals surface area (Å²) in [5, 5.41) is 11.9. The van der Waals surface area contributed by atoms with Crippen molar-refractivity contribution >= 4 is 5.82 Å². The van der Waals surface area contributed by atoms with Crippen molar-refractivity contribution in [2.75, 3.05) is 12.4 Å². The van der Waals surface area contributed by atoms with E-state index >= 15 is 0 Å². The number of benzene rings is 1. The topological polar surface area (TPSA) is 57.9 Å². The number of nitriles is 1. The molecule has 1 N–H and O–H groups in total. The summed E-state index contributed by atoms with van der Waals surface area (Å²) < 4.78 is 5.04. The Hall–Kier alpha value is -2.54. The fourth-order valence-electron chi connectivity index (χ4n) is 1.50. The van der Waals surface area contributed by atoms with Gasteiger partial charge in [-0.1, -0.05) is 12.1 Å². The Morgan fingerprint density at radius 2 is 2.00 bits per heavy atom. The Labute approximate surface area is 106 Å². The van der Waals surface area contributed by atoms with Gasteiger partial charge in [0.1, 0.15) is 11.6 Å². The predicted molar refractivity (Wildman–Crippen MR) is 69.3 cm³/mol. The summed E-state index contributed by atoms with van der Waals surface area (Å²) in [7, 11) is 1.61. The average molecular weight is 239 g/mol. The molecular weight excluding hydrogens is 226 g/mol. The lowest BCUT2D eigenvalue weighted by molar-refractivity contribution is 0.413. The maximum atomic E-state index is 8.70. The van der Waals surface area contributed by atoms with Crippen LogP contribution in [0.25, 0.3) is 0 Å². The minimum absolute atomic E-state index is 0.668. The van der Waals surface area contributed by atoms with Crippen LogP contribution in [0.3, 0.4) is 0 Å². The second-order valence-corrected chi connectivity index (χ2v) is 3.75. The van der Waals surface area contributed by atoms with Crippen LogP contribution in [0.2, 0.25) is 0 Å². The number of nitrogens with one attached hydrogen (secondary N) is 1. The van der Waals surface area contributed by atoms with Crippen LogP contribution in [0.1, 0.15) is 11.1 Å². The first-order valence-corrected chi connectivity index (χ1v) is 5.55. The Bertz CT molecular complexity index is 541. The number of aromatic nitrogens is 1. The van der Waals surface area contributed by atoms with E-state index in [-0.39, 0.29) is 0 Å². The molecule has 0 bridgehead atoms. The Balaban J connectivity index is 1.95. The number of hydrogen-bond donors (Lipinski definition) is 1. The van der Waals surface area contributed by atoms with E-state index in [1.165, 1.54) is 0 Å². The highest BCUT2D eigenvalue weighted by atomic mass is 16.5. The van der Waals surface area contributed by atoms with Crippen LogP contribution < -0.4 is 10.1 Å². The molecule has 1 aromatic carbocycles. The number of methoxy groups -OCH3 is 1. The van der Waals surface area contributed by atoms with E-state index in [1.807, 2.05) is 24.3 Å². The number of nitrogens with zero attached hydrogens (tertiary/aromatic N) is 2. The van der Waals surface area contributed by atoms with Gasteiger partial charge in [0.2, 0.25) is 0 Å². The van der Waals surface area contributed by atoms with Gasteiger partial charge in [0.15, 0.2) is 0 Å². The molecule has 0 aliphatic heterocycles. The first-order valence-electron chi connectivity index (χ1n) is 5.55. The van der Waals surface area contributed by atoms with Gasteiger partial charge in [-0.15, -0.1) is 0 Å². The van der Waals surface area contributed by atoms with E-state index in [1.54, 1.807) is 25.4 Å². The van der Waals surface area contributed by atoms with Gasteiger partial charge in [-0.2, -0.15) is 5.26 Å². The summed E-state index contributed by atoms with van der Waals surface area (Å²) in [5.41, 5.74) is 1.77. The highest BCUT2D eigenvalue weighted by Crippen LogP contribution is 2.12. The monoisotopic (exact) mass is 239 g/mol. The molecule has 1 aromatic heterocycles. The molecule has 0 radical (unpaired) electrons. The lowest BCUT2D eigenvalue weighted by Crippen LogP contribution is -2.01. The first kappa shape index (κ1) is 11.9. The van der Waals surface area contributed by atoms with Gasteiger partial charge in [0.25, 0.3) is 0 Å². The highest BCUT2D eigenvalue weighted by molar-refractivity contribution is 5.39. The van der Waals surface area contributed by atoms with E-state index < -0.39 is 0 Å². The fraction of sp³-hybridized carbons (Fsp3) is 0.143. The van der Waals surface area contributed by atoms with Crippen LogP contribution in [0, 0.1) is 11.3 Å². The summed E-state index contributed by atoms with van der Waals surface area (Å²) in [4.78, 5) is 4.21. The number of ether oxygens (including phenoxy) is 1. The molecule has 0 atom stereocenters. The minimum Gasteiger partial charge on any atom is -0.495 e. The zero-order chi connectivity index (χ0) is 12.8. The molecular formula is C14H13N3O. The van der Waals surface area contributed by atoms with Crippen LogP contribution >= 0.6 is 0 Å². The normalized spacial score (nSPS) is 9.56. The van der Waals surface area contributed by atoms with Crippen LogP contribution in [-0.2, 0) is 6.54 Å². The first-order chi connectivity index (χ1) is 8.81. The zero-order valence-corrected chi connectivity index (χ0v) is 10.1. The quantitative estimate of drug-likeness (QED) is 0.890. The summed E-state index contributed by atoms with van der Waals surface area (Å²) in [5.74, 6) is 1.53. The lowest BCUT2D eigenvalue weighted by Gasteiger charge is -2.06. The molecule has 0 aliphatic rings. The van der Waals surface area contributed by atoms with Crippen molar-refractivity contribution in [3.8, 4) is 11.8 Å². The third kappa shape index (κ3) is 2.98. The minimum atomic E-state index is 0.668. The molecule has 0 spiro atoms. The maximum Gasteiger partial charge on any atom is 0.137 e. The van der Waals surface area contributed by atoms with Crippen molar-refractivity contribution in [3.05, 3.63) is 53.7 Å². The molecule has 2 rings (SSSR count). The van der Waals surface area contributed by atoms with Crippen molar-refractivity contribution in [1.29, 1.82) is 5.26 Å². The van der Waals surface area contributed by atoms with E-state index in [0.717, 1.165) is 17.1 Å². The van der Waals surface area contributed by atoms with Crippen molar-refractivity contribution in [1.82, 2.24) is 4.98 Å². The number of pyridine rings is 1. The van der Waals surface area contributed by atoms with Crippen LogP contribution in [-0.4, -0.2) is 12.1 Å².